The first kappa shape index (κ1) is 17.7. The number of rotatable bonds is 6. The zero-order chi connectivity index (χ0) is 18.7. The van der Waals surface area contributed by atoms with Crippen molar-refractivity contribution in [2.75, 3.05) is 23.3 Å². The number of benzene rings is 1. The highest BCUT2D eigenvalue weighted by atomic mass is 16.5. The molecule has 1 N–H and O–H groups in total. The van der Waals surface area contributed by atoms with Gasteiger partial charge in [0.15, 0.2) is 5.69 Å². The Morgan fingerprint density at radius 3 is 2.35 bits per heavy atom. The topological polar surface area (TPSA) is 84.4 Å². The van der Waals surface area contributed by atoms with Crippen molar-refractivity contribution in [1.29, 1.82) is 0 Å². The Morgan fingerprint density at radius 2 is 1.77 bits per heavy atom. The van der Waals surface area contributed by atoms with Crippen molar-refractivity contribution in [3.8, 4) is 11.5 Å². The molecule has 0 spiro atoms. The first-order valence-electron chi connectivity index (χ1n) is 8.59. The van der Waals surface area contributed by atoms with E-state index in [1.54, 1.807) is 19.9 Å². The summed E-state index contributed by atoms with van der Waals surface area (Å²) in [5.41, 5.74) is 3.12. The molecule has 0 unspecified atom stereocenters. The number of aryl methyl sites for hydroxylation is 2. The number of aromatic nitrogens is 2. The van der Waals surface area contributed by atoms with Crippen LogP contribution in [-0.2, 0) is 0 Å². The third-order valence-corrected chi connectivity index (χ3v) is 4.20. The summed E-state index contributed by atoms with van der Waals surface area (Å²) in [5.74, 6) is 0.638. The van der Waals surface area contributed by atoms with Gasteiger partial charge in [-0.15, -0.1) is 0 Å². The lowest BCUT2D eigenvalue weighted by atomic mass is 10.1. The van der Waals surface area contributed by atoms with Crippen LogP contribution in [0.15, 0.2) is 39.4 Å². The Balaban J connectivity index is 1.82. The molecule has 0 aliphatic heterocycles. The van der Waals surface area contributed by atoms with E-state index in [2.05, 4.69) is 34.4 Å². The van der Waals surface area contributed by atoms with Crippen LogP contribution < -0.4 is 10.2 Å². The fourth-order valence-electron chi connectivity index (χ4n) is 2.82. The molecule has 3 rings (SSSR count). The first-order valence-corrected chi connectivity index (χ1v) is 8.59. The van der Waals surface area contributed by atoms with Crippen LogP contribution >= 0.6 is 0 Å². The summed E-state index contributed by atoms with van der Waals surface area (Å²) < 4.78 is 10.4. The van der Waals surface area contributed by atoms with E-state index >= 15 is 0 Å². The quantitative estimate of drug-likeness (QED) is 0.719. The van der Waals surface area contributed by atoms with Crippen LogP contribution in [0.4, 0.5) is 11.4 Å². The van der Waals surface area contributed by atoms with E-state index in [1.165, 1.54) is 0 Å². The number of carbonyl (C=O) groups is 1. The summed E-state index contributed by atoms with van der Waals surface area (Å²) in [6.07, 6.45) is 0. The zero-order valence-corrected chi connectivity index (χ0v) is 15.4. The second kappa shape index (κ2) is 7.43. The fourth-order valence-corrected chi connectivity index (χ4v) is 2.82. The SMILES string of the molecule is CCN(CC)c1ccc(NC(=O)c2c(C)noc2-c2cc(C)on2)cc1. The molecule has 26 heavy (non-hydrogen) atoms. The summed E-state index contributed by atoms with van der Waals surface area (Å²) >= 11 is 0. The highest BCUT2D eigenvalue weighted by Crippen LogP contribution is 2.27. The number of nitrogens with zero attached hydrogens (tertiary/aromatic N) is 3. The van der Waals surface area contributed by atoms with E-state index in [9.17, 15) is 4.79 Å². The van der Waals surface area contributed by atoms with Crippen molar-refractivity contribution < 1.29 is 13.8 Å². The molecule has 0 radical (unpaired) electrons. The van der Waals surface area contributed by atoms with Crippen molar-refractivity contribution in [3.63, 3.8) is 0 Å². The first-order chi connectivity index (χ1) is 12.5. The van der Waals surface area contributed by atoms with E-state index in [4.69, 9.17) is 9.05 Å². The predicted octanol–water partition coefficient (Wildman–Crippen LogP) is 4.04. The van der Waals surface area contributed by atoms with Gasteiger partial charge in [-0.3, -0.25) is 4.79 Å². The summed E-state index contributed by atoms with van der Waals surface area (Å²) in [5, 5.41) is 10.7. The van der Waals surface area contributed by atoms with Gasteiger partial charge in [-0.05, 0) is 52.0 Å². The van der Waals surface area contributed by atoms with Gasteiger partial charge in [0.2, 0.25) is 5.76 Å². The van der Waals surface area contributed by atoms with Crippen molar-refractivity contribution in [2.24, 2.45) is 0 Å². The average molecular weight is 354 g/mol. The molecular formula is C19H22N4O3. The molecule has 0 bridgehead atoms. The van der Waals surface area contributed by atoms with Crippen LogP contribution in [0.3, 0.4) is 0 Å². The molecule has 1 aromatic carbocycles. The number of nitrogens with one attached hydrogen (secondary N) is 1. The minimum absolute atomic E-state index is 0.296. The summed E-state index contributed by atoms with van der Waals surface area (Å²) in [7, 11) is 0. The van der Waals surface area contributed by atoms with Gasteiger partial charge in [-0.1, -0.05) is 10.3 Å². The molecule has 0 atom stereocenters. The fraction of sp³-hybridized carbons (Fsp3) is 0.316. The Bertz CT molecular complexity index is 892. The lowest BCUT2D eigenvalue weighted by molar-refractivity contribution is 0.102. The van der Waals surface area contributed by atoms with E-state index < -0.39 is 0 Å². The van der Waals surface area contributed by atoms with Gasteiger partial charge in [0.05, 0.1) is 5.69 Å². The highest BCUT2D eigenvalue weighted by molar-refractivity contribution is 6.08. The van der Waals surface area contributed by atoms with E-state index in [0.717, 1.165) is 18.8 Å². The van der Waals surface area contributed by atoms with Crippen molar-refractivity contribution >= 4 is 17.3 Å². The average Bonchev–Trinajstić information content (AvgIpc) is 3.23. The van der Waals surface area contributed by atoms with Gasteiger partial charge in [-0.2, -0.15) is 0 Å². The molecule has 3 aromatic rings. The highest BCUT2D eigenvalue weighted by Gasteiger charge is 2.24. The van der Waals surface area contributed by atoms with Crippen LogP contribution in [-0.4, -0.2) is 29.3 Å². The van der Waals surface area contributed by atoms with Gasteiger partial charge in [-0.25, -0.2) is 0 Å². The number of hydrogen-bond acceptors (Lipinski definition) is 6. The number of amides is 1. The van der Waals surface area contributed by atoms with Crippen LogP contribution in [0.5, 0.6) is 0 Å². The maximum atomic E-state index is 12.7. The Hall–Kier alpha value is -3.09. The normalized spacial score (nSPS) is 10.8. The predicted molar refractivity (Wildman–Crippen MR) is 99.4 cm³/mol. The van der Waals surface area contributed by atoms with E-state index in [-0.39, 0.29) is 5.91 Å². The van der Waals surface area contributed by atoms with Crippen molar-refractivity contribution in [3.05, 3.63) is 47.3 Å². The second-order valence-corrected chi connectivity index (χ2v) is 5.97. The third kappa shape index (κ3) is 3.46. The second-order valence-electron chi connectivity index (χ2n) is 5.97. The molecule has 0 fully saturated rings. The van der Waals surface area contributed by atoms with Crippen LogP contribution in [0.1, 0.15) is 35.7 Å². The number of carbonyl (C=O) groups excluding carboxylic acids is 1. The molecule has 0 saturated heterocycles. The lowest BCUT2D eigenvalue weighted by Crippen LogP contribution is -2.21. The number of hydrogen-bond donors (Lipinski definition) is 1. The minimum Gasteiger partial charge on any atom is -0.372 e. The number of anilines is 2. The third-order valence-electron chi connectivity index (χ3n) is 4.20. The summed E-state index contributed by atoms with van der Waals surface area (Å²) in [4.78, 5) is 15.0. The molecule has 0 aliphatic carbocycles. The molecular weight excluding hydrogens is 332 g/mol. The van der Waals surface area contributed by atoms with Gasteiger partial charge in [0.1, 0.15) is 11.3 Å². The zero-order valence-electron chi connectivity index (χ0n) is 15.4. The summed E-state index contributed by atoms with van der Waals surface area (Å²) in [6.45, 7) is 9.59. The van der Waals surface area contributed by atoms with Crippen LogP contribution in [0.25, 0.3) is 11.5 Å². The lowest BCUT2D eigenvalue weighted by Gasteiger charge is -2.21. The molecule has 2 aromatic heterocycles. The standard InChI is InChI=1S/C19H22N4O3/c1-5-23(6-2)15-9-7-14(8-10-15)20-19(24)17-13(4)21-26-18(17)16-11-12(3)25-22-16/h7-11H,5-6H2,1-4H3,(H,20,24). The molecule has 0 saturated carbocycles. The summed E-state index contributed by atoms with van der Waals surface area (Å²) in [6, 6.07) is 9.45. The van der Waals surface area contributed by atoms with Crippen LogP contribution in [0, 0.1) is 13.8 Å². The monoisotopic (exact) mass is 354 g/mol. The Morgan fingerprint density at radius 1 is 1.08 bits per heavy atom. The van der Waals surface area contributed by atoms with Gasteiger partial charge >= 0.3 is 0 Å². The molecule has 7 nitrogen and oxygen atoms in total. The molecule has 7 heteroatoms. The van der Waals surface area contributed by atoms with Crippen molar-refractivity contribution in [1.82, 2.24) is 10.3 Å². The largest absolute Gasteiger partial charge is 0.372 e. The van der Waals surface area contributed by atoms with Crippen LogP contribution in [0.2, 0.25) is 0 Å². The maximum Gasteiger partial charge on any atom is 0.261 e. The molecule has 0 aliphatic rings. The Kier molecular flexibility index (Phi) is 5.06. The Labute approximate surface area is 152 Å². The van der Waals surface area contributed by atoms with Crippen molar-refractivity contribution in [2.45, 2.75) is 27.7 Å². The van der Waals surface area contributed by atoms with E-state index in [0.29, 0.717) is 34.2 Å². The minimum atomic E-state index is -0.296. The molecule has 2 heterocycles. The smallest absolute Gasteiger partial charge is 0.261 e. The van der Waals surface area contributed by atoms with E-state index in [1.807, 2.05) is 24.3 Å². The van der Waals surface area contributed by atoms with Gasteiger partial charge in [0, 0.05) is 30.5 Å². The van der Waals surface area contributed by atoms with Gasteiger partial charge in [0.25, 0.3) is 5.91 Å². The molecule has 1 amide bonds. The van der Waals surface area contributed by atoms with Gasteiger partial charge < -0.3 is 19.3 Å². The maximum absolute atomic E-state index is 12.7. The molecule has 136 valence electrons.